The van der Waals surface area contributed by atoms with E-state index in [1.165, 1.54) is 11.1 Å². The Bertz CT molecular complexity index is 497. The van der Waals surface area contributed by atoms with E-state index in [1.807, 2.05) is 36.4 Å². The molecule has 2 heteroatoms. The normalized spacial score (nSPS) is 20.6. The van der Waals surface area contributed by atoms with Crippen LogP contribution in [0.2, 0.25) is 0 Å². The first kappa shape index (κ1) is 13.1. The fraction of sp³-hybridized carbons (Fsp3) is 0.222. The summed E-state index contributed by atoms with van der Waals surface area (Å²) in [6.45, 7) is 1.25. The smallest absolute Gasteiger partial charge is 0.106 e. The van der Waals surface area contributed by atoms with Gasteiger partial charge in [-0.3, -0.25) is 0 Å². The van der Waals surface area contributed by atoms with E-state index in [2.05, 4.69) is 36.4 Å². The van der Waals surface area contributed by atoms with Crippen LogP contribution in [0.4, 0.5) is 0 Å². The van der Waals surface area contributed by atoms with Gasteiger partial charge in [0, 0.05) is 0 Å². The molecule has 0 unspecified atom stereocenters. The number of rotatable bonds is 6. The molecular formula is C18H18O2. The minimum absolute atomic E-state index is 0.0684. The number of hydrogen-bond acceptors (Lipinski definition) is 2. The maximum Gasteiger partial charge on any atom is 0.106 e. The Morgan fingerprint density at radius 1 is 0.600 bits per heavy atom. The fourth-order valence-corrected chi connectivity index (χ4v) is 2.13. The molecule has 0 heterocycles. The molecule has 0 bridgehead atoms. The zero-order valence-corrected chi connectivity index (χ0v) is 11.3. The highest BCUT2D eigenvalue weighted by molar-refractivity contribution is 5.17. The molecule has 0 N–H and O–H groups in total. The van der Waals surface area contributed by atoms with E-state index in [1.54, 1.807) is 0 Å². The van der Waals surface area contributed by atoms with Gasteiger partial charge in [-0.15, -0.1) is 0 Å². The Hall–Kier alpha value is -1.90. The van der Waals surface area contributed by atoms with E-state index in [4.69, 9.17) is 9.47 Å². The quantitative estimate of drug-likeness (QED) is 0.742. The van der Waals surface area contributed by atoms with Crippen molar-refractivity contribution < 1.29 is 9.47 Å². The molecule has 0 saturated carbocycles. The maximum atomic E-state index is 5.85. The summed E-state index contributed by atoms with van der Waals surface area (Å²) >= 11 is 0. The molecule has 2 aromatic carbocycles. The number of hydrogen-bond donors (Lipinski definition) is 0. The van der Waals surface area contributed by atoms with Gasteiger partial charge in [0.2, 0.25) is 0 Å². The summed E-state index contributed by atoms with van der Waals surface area (Å²) in [5, 5.41) is 0. The largest absolute Gasteiger partial charge is 0.366 e. The summed E-state index contributed by atoms with van der Waals surface area (Å²) in [6.07, 6.45) is 4.25. The van der Waals surface area contributed by atoms with Gasteiger partial charge in [-0.25, -0.2) is 0 Å². The first-order chi connectivity index (χ1) is 9.92. The molecule has 0 fully saturated rings. The second-order valence-corrected chi connectivity index (χ2v) is 4.91. The lowest BCUT2D eigenvalue weighted by molar-refractivity contribution is -0.0573. The first-order valence-corrected chi connectivity index (χ1v) is 6.91. The molecule has 0 saturated heterocycles. The third-order valence-electron chi connectivity index (χ3n) is 3.38. The lowest BCUT2D eigenvalue weighted by Gasteiger charge is -2.29. The second kappa shape index (κ2) is 6.51. The van der Waals surface area contributed by atoms with Gasteiger partial charge < -0.3 is 9.47 Å². The molecule has 1 aliphatic rings. The molecule has 2 nitrogen and oxygen atoms in total. The van der Waals surface area contributed by atoms with Gasteiger partial charge in [-0.1, -0.05) is 72.8 Å². The first-order valence-electron chi connectivity index (χ1n) is 6.91. The van der Waals surface area contributed by atoms with E-state index in [-0.39, 0.29) is 12.2 Å². The average molecular weight is 266 g/mol. The Balaban J connectivity index is 1.45. The standard InChI is InChI=1S/C18H18O2/c1-3-7-15(8-4-1)13-19-17-11-12-18(17)20-14-16-9-5-2-6-10-16/h1-12,17-18H,13-14H2/t17-,18+. The van der Waals surface area contributed by atoms with Crippen molar-refractivity contribution in [3.63, 3.8) is 0 Å². The van der Waals surface area contributed by atoms with Gasteiger partial charge in [0.1, 0.15) is 12.2 Å². The van der Waals surface area contributed by atoms with E-state index >= 15 is 0 Å². The predicted molar refractivity (Wildman–Crippen MR) is 79.2 cm³/mol. The van der Waals surface area contributed by atoms with Crippen LogP contribution in [0.25, 0.3) is 0 Å². The summed E-state index contributed by atoms with van der Waals surface area (Å²) in [4.78, 5) is 0. The van der Waals surface area contributed by atoms with Gasteiger partial charge in [0.15, 0.2) is 0 Å². The van der Waals surface area contributed by atoms with Crippen LogP contribution in [-0.4, -0.2) is 12.2 Å². The highest BCUT2D eigenvalue weighted by Crippen LogP contribution is 2.20. The maximum absolute atomic E-state index is 5.85. The molecule has 0 aromatic heterocycles. The number of benzene rings is 2. The highest BCUT2D eigenvalue weighted by atomic mass is 16.5. The van der Waals surface area contributed by atoms with Crippen LogP contribution < -0.4 is 0 Å². The Morgan fingerprint density at radius 2 is 1.00 bits per heavy atom. The van der Waals surface area contributed by atoms with Gasteiger partial charge in [-0.05, 0) is 11.1 Å². The molecule has 2 atom stereocenters. The molecule has 3 rings (SSSR count). The Labute approximate surface area is 119 Å². The van der Waals surface area contributed by atoms with E-state index in [0.29, 0.717) is 13.2 Å². The van der Waals surface area contributed by atoms with Crippen molar-refractivity contribution in [2.24, 2.45) is 0 Å². The van der Waals surface area contributed by atoms with Crippen molar-refractivity contribution in [2.45, 2.75) is 25.4 Å². The summed E-state index contributed by atoms with van der Waals surface area (Å²) in [5.74, 6) is 0. The zero-order chi connectivity index (χ0) is 13.6. The number of ether oxygens (including phenoxy) is 2. The minimum Gasteiger partial charge on any atom is -0.366 e. The van der Waals surface area contributed by atoms with Crippen molar-refractivity contribution in [1.82, 2.24) is 0 Å². The van der Waals surface area contributed by atoms with Crippen LogP contribution in [0.3, 0.4) is 0 Å². The average Bonchev–Trinajstić information content (AvgIpc) is 2.49. The molecule has 0 amide bonds. The van der Waals surface area contributed by atoms with Crippen molar-refractivity contribution in [2.75, 3.05) is 0 Å². The molecule has 2 aromatic rings. The second-order valence-electron chi connectivity index (χ2n) is 4.91. The summed E-state index contributed by atoms with van der Waals surface area (Å²) in [6, 6.07) is 20.4. The Morgan fingerprint density at radius 3 is 1.35 bits per heavy atom. The van der Waals surface area contributed by atoms with Crippen molar-refractivity contribution in [3.05, 3.63) is 83.9 Å². The van der Waals surface area contributed by atoms with Gasteiger partial charge in [0.05, 0.1) is 13.2 Å². The lowest BCUT2D eigenvalue weighted by atomic mass is 10.0. The molecule has 20 heavy (non-hydrogen) atoms. The predicted octanol–water partition coefficient (Wildman–Crippen LogP) is 3.73. The van der Waals surface area contributed by atoms with E-state index in [9.17, 15) is 0 Å². The van der Waals surface area contributed by atoms with Crippen molar-refractivity contribution in [3.8, 4) is 0 Å². The van der Waals surface area contributed by atoms with Crippen LogP contribution in [0.15, 0.2) is 72.8 Å². The zero-order valence-electron chi connectivity index (χ0n) is 11.3. The monoisotopic (exact) mass is 266 g/mol. The minimum atomic E-state index is 0.0684. The van der Waals surface area contributed by atoms with Crippen LogP contribution in [0, 0.1) is 0 Å². The Kier molecular flexibility index (Phi) is 4.26. The highest BCUT2D eigenvalue weighted by Gasteiger charge is 2.25. The summed E-state index contributed by atoms with van der Waals surface area (Å²) in [5.41, 5.74) is 2.38. The molecule has 0 spiro atoms. The molecule has 1 aliphatic carbocycles. The summed E-state index contributed by atoms with van der Waals surface area (Å²) in [7, 11) is 0. The van der Waals surface area contributed by atoms with Crippen LogP contribution in [0.5, 0.6) is 0 Å². The van der Waals surface area contributed by atoms with Gasteiger partial charge in [0.25, 0.3) is 0 Å². The van der Waals surface area contributed by atoms with Crippen molar-refractivity contribution in [1.29, 1.82) is 0 Å². The van der Waals surface area contributed by atoms with E-state index in [0.717, 1.165) is 0 Å². The third kappa shape index (κ3) is 3.35. The molecular weight excluding hydrogens is 248 g/mol. The third-order valence-corrected chi connectivity index (χ3v) is 3.38. The van der Waals surface area contributed by atoms with E-state index < -0.39 is 0 Å². The van der Waals surface area contributed by atoms with Gasteiger partial charge in [-0.2, -0.15) is 0 Å². The lowest BCUT2D eigenvalue weighted by Crippen LogP contribution is -2.35. The summed E-state index contributed by atoms with van der Waals surface area (Å²) < 4.78 is 11.7. The molecule has 0 aliphatic heterocycles. The molecule has 102 valence electrons. The van der Waals surface area contributed by atoms with Crippen LogP contribution in [0.1, 0.15) is 11.1 Å². The van der Waals surface area contributed by atoms with Gasteiger partial charge >= 0.3 is 0 Å². The fourth-order valence-electron chi connectivity index (χ4n) is 2.13. The van der Waals surface area contributed by atoms with Crippen LogP contribution in [-0.2, 0) is 22.7 Å². The van der Waals surface area contributed by atoms with Crippen LogP contribution >= 0.6 is 0 Å². The van der Waals surface area contributed by atoms with Crippen molar-refractivity contribution >= 4 is 0 Å². The molecule has 0 radical (unpaired) electrons. The SMILES string of the molecule is C1=C[C@@H](OCc2ccccc2)[C@H]1OCc1ccccc1. The topological polar surface area (TPSA) is 18.5 Å².